The summed E-state index contributed by atoms with van der Waals surface area (Å²) in [5.74, 6) is 0.384. The van der Waals surface area contributed by atoms with Crippen molar-refractivity contribution in [1.29, 1.82) is 0 Å². The summed E-state index contributed by atoms with van der Waals surface area (Å²) in [6.45, 7) is 4.03. The lowest BCUT2D eigenvalue weighted by atomic mass is 10.2. The highest BCUT2D eigenvalue weighted by Crippen LogP contribution is 2.23. The van der Waals surface area contributed by atoms with Crippen LogP contribution in [0.3, 0.4) is 0 Å². The maximum absolute atomic E-state index is 12.9. The van der Waals surface area contributed by atoms with Crippen LogP contribution in [0.5, 0.6) is 0 Å². The Bertz CT molecular complexity index is 1060. The van der Waals surface area contributed by atoms with Crippen LogP contribution in [0.1, 0.15) is 21.6 Å². The van der Waals surface area contributed by atoms with E-state index in [0.29, 0.717) is 17.1 Å². The molecule has 0 radical (unpaired) electrons. The molecule has 5 heteroatoms. The quantitative estimate of drug-likeness (QED) is 0.559. The number of rotatable bonds is 4. The molecule has 2 aromatic heterocycles. The molecule has 0 aliphatic heterocycles. The Hall–Kier alpha value is -3.60. The number of aromatic nitrogens is 2. The van der Waals surface area contributed by atoms with E-state index in [9.17, 15) is 4.79 Å². The second-order valence-corrected chi connectivity index (χ2v) is 6.46. The SMILES string of the molecule is Cc1ccc(NC(=O)c2cc(-c3ccco3)nn2-c2ccc(C)cc2)cc1. The molecule has 0 spiro atoms. The van der Waals surface area contributed by atoms with Crippen molar-refractivity contribution in [3.8, 4) is 17.1 Å². The van der Waals surface area contributed by atoms with Crippen LogP contribution in [0.2, 0.25) is 0 Å². The molecular weight excluding hydrogens is 338 g/mol. The molecule has 0 bridgehead atoms. The molecule has 27 heavy (non-hydrogen) atoms. The number of hydrogen-bond donors (Lipinski definition) is 1. The van der Waals surface area contributed by atoms with Gasteiger partial charge in [0.2, 0.25) is 0 Å². The normalized spacial score (nSPS) is 10.7. The highest BCUT2D eigenvalue weighted by Gasteiger charge is 2.19. The number of benzene rings is 2. The highest BCUT2D eigenvalue weighted by molar-refractivity contribution is 6.04. The van der Waals surface area contributed by atoms with Gasteiger partial charge in [0.15, 0.2) is 5.76 Å². The molecule has 4 aromatic rings. The predicted molar refractivity (Wildman–Crippen MR) is 105 cm³/mol. The summed E-state index contributed by atoms with van der Waals surface area (Å²) in [4.78, 5) is 12.9. The molecule has 0 unspecified atom stereocenters. The van der Waals surface area contributed by atoms with Gasteiger partial charge in [-0.3, -0.25) is 4.79 Å². The molecule has 0 aliphatic rings. The number of nitrogens with zero attached hydrogens (tertiary/aromatic N) is 2. The van der Waals surface area contributed by atoms with Crippen LogP contribution in [0.25, 0.3) is 17.1 Å². The monoisotopic (exact) mass is 357 g/mol. The molecule has 2 heterocycles. The summed E-state index contributed by atoms with van der Waals surface area (Å²) < 4.78 is 7.09. The first kappa shape index (κ1) is 16.8. The van der Waals surface area contributed by atoms with Gasteiger partial charge in [-0.05, 0) is 50.2 Å². The first-order valence-corrected chi connectivity index (χ1v) is 8.69. The number of nitrogens with one attached hydrogen (secondary N) is 1. The molecule has 5 nitrogen and oxygen atoms in total. The van der Waals surface area contributed by atoms with Crippen LogP contribution in [0.4, 0.5) is 5.69 Å². The Balaban J connectivity index is 1.74. The molecule has 1 N–H and O–H groups in total. The Morgan fingerprint density at radius 2 is 1.63 bits per heavy atom. The summed E-state index contributed by atoms with van der Waals surface area (Å²) >= 11 is 0. The summed E-state index contributed by atoms with van der Waals surface area (Å²) in [6.07, 6.45) is 1.59. The van der Waals surface area contributed by atoms with Gasteiger partial charge in [-0.2, -0.15) is 5.10 Å². The highest BCUT2D eigenvalue weighted by atomic mass is 16.3. The summed E-state index contributed by atoms with van der Waals surface area (Å²) in [6, 6.07) is 20.9. The number of aryl methyl sites for hydroxylation is 2. The zero-order chi connectivity index (χ0) is 18.8. The fraction of sp³-hybridized carbons (Fsp3) is 0.0909. The minimum atomic E-state index is -0.232. The molecule has 0 saturated carbocycles. The lowest BCUT2D eigenvalue weighted by molar-refractivity contribution is 0.101. The summed E-state index contributed by atoms with van der Waals surface area (Å²) in [5.41, 5.74) is 4.87. The predicted octanol–water partition coefficient (Wildman–Crippen LogP) is 5.00. The van der Waals surface area contributed by atoms with Gasteiger partial charge in [0.25, 0.3) is 5.91 Å². The number of anilines is 1. The van der Waals surface area contributed by atoms with Crippen molar-refractivity contribution < 1.29 is 9.21 Å². The average Bonchev–Trinajstić information content (AvgIpc) is 3.33. The molecule has 0 fully saturated rings. The van der Waals surface area contributed by atoms with Gasteiger partial charge < -0.3 is 9.73 Å². The van der Waals surface area contributed by atoms with Gasteiger partial charge in [0.1, 0.15) is 11.4 Å². The van der Waals surface area contributed by atoms with E-state index in [-0.39, 0.29) is 5.91 Å². The number of carbonyl (C=O) groups excluding carboxylic acids is 1. The lowest BCUT2D eigenvalue weighted by Gasteiger charge is -2.09. The van der Waals surface area contributed by atoms with Crippen LogP contribution < -0.4 is 5.32 Å². The molecule has 0 aliphatic carbocycles. The zero-order valence-electron chi connectivity index (χ0n) is 15.1. The lowest BCUT2D eigenvalue weighted by Crippen LogP contribution is -2.16. The molecule has 2 aromatic carbocycles. The van der Waals surface area contributed by atoms with Crippen molar-refractivity contribution in [2.45, 2.75) is 13.8 Å². The molecule has 0 saturated heterocycles. The van der Waals surface area contributed by atoms with Crippen molar-refractivity contribution in [2.24, 2.45) is 0 Å². The van der Waals surface area contributed by atoms with Crippen molar-refractivity contribution in [2.75, 3.05) is 5.32 Å². The largest absolute Gasteiger partial charge is 0.463 e. The van der Waals surface area contributed by atoms with Gasteiger partial charge in [-0.15, -0.1) is 0 Å². The second kappa shape index (κ2) is 6.96. The van der Waals surface area contributed by atoms with E-state index in [0.717, 1.165) is 22.5 Å². The Morgan fingerprint density at radius 1 is 0.963 bits per heavy atom. The van der Waals surface area contributed by atoms with Crippen LogP contribution in [-0.4, -0.2) is 15.7 Å². The first-order chi connectivity index (χ1) is 13.1. The molecular formula is C22H19N3O2. The van der Waals surface area contributed by atoms with Crippen LogP contribution >= 0.6 is 0 Å². The number of furan rings is 1. The van der Waals surface area contributed by atoms with Crippen LogP contribution in [0, 0.1) is 13.8 Å². The standard InChI is InChI=1S/C22H19N3O2/c1-15-5-9-17(10-6-15)23-22(26)20-14-19(21-4-3-13-27-21)24-25(20)18-11-7-16(2)8-12-18/h3-14H,1-2H3,(H,23,26). The Labute approximate surface area is 157 Å². The Kier molecular flexibility index (Phi) is 4.34. The number of carbonyl (C=O) groups is 1. The Morgan fingerprint density at radius 3 is 2.26 bits per heavy atom. The average molecular weight is 357 g/mol. The van der Waals surface area contributed by atoms with E-state index >= 15 is 0 Å². The fourth-order valence-electron chi connectivity index (χ4n) is 2.80. The van der Waals surface area contributed by atoms with Gasteiger partial charge in [0, 0.05) is 11.8 Å². The topological polar surface area (TPSA) is 60.1 Å². The van der Waals surface area contributed by atoms with E-state index in [2.05, 4.69) is 10.4 Å². The van der Waals surface area contributed by atoms with Gasteiger partial charge in [-0.1, -0.05) is 35.4 Å². The number of hydrogen-bond acceptors (Lipinski definition) is 3. The molecule has 134 valence electrons. The van der Waals surface area contributed by atoms with E-state index in [1.807, 2.05) is 68.4 Å². The van der Waals surface area contributed by atoms with Crippen molar-refractivity contribution in [3.63, 3.8) is 0 Å². The van der Waals surface area contributed by atoms with Crippen LogP contribution in [-0.2, 0) is 0 Å². The molecule has 4 rings (SSSR count). The first-order valence-electron chi connectivity index (χ1n) is 8.69. The zero-order valence-corrected chi connectivity index (χ0v) is 15.1. The molecule has 1 amide bonds. The number of amides is 1. The van der Waals surface area contributed by atoms with Crippen molar-refractivity contribution in [3.05, 3.63) is 89.8 Å². The van der Waals surface area contributed by atoms with Crippen molar-refractivity contribution in [1.82, 2.24) is 9.78 Å². The minimum Gasteiger partial charge on any atom is -0.463 e. The summed E-state index contributed by atoms with van der Waals surface area (Å²) in [5, 5.41) is 7.53. The van der Waals surface area contributed by atoms with Gasteiger partial charge >= 0.3 is 0 Å². The van der Waals surface area contributed by atoms with E-state index in [1.165, 1.54) is 0 Å². The third kappa shape index (κ3) is 3.53. The van der Waals surface area contributed by atoms with Gasteiger partial charge in [0.05, 0.1) is 12.0 Å². The molecule has 0 atom stereocenters. The smallest absolute Gasteiger partial charge is 0.274 e. The van der Waals surface area contributed by atoms with Gasteiger partial charge in [-0.25, -0.2) is 4.68 Å². The third-order valence-electron chi connectivity index (χ3n) is 4.30. The maximum atomic E-state index is 12.9. The van der Waals surface area contributed by atoms with E-state index < -0.39 is 0 Å². The van der Waals surface area contributed by atoms with E-state index in [4.69, 9.17) is 4.42 Å². The minimum absolute atomic E-state index is 0.232. The third-order valence-corrected chi connectivity index (χ3v) is 4.30. The summed E-state index contributed by atoms with van der Waals surface area (Å²) in [7, 11) is 0. The fourth-order valence-corrected chi connectivity index (χ4v) is 2.80. The second-order valence-electron chi connectivity index (χ2n) is 6.46. The van der Waals surface area contributed by atoms with Crippen LogP contribution in [0.15, 0.2) is 77.4 Å². The maximum Gasteiger partial charge on any atom is 0.274 e. The van der Waals surface area contributed by atoms with Crippen molar-refractivity contribution >= 4 is 11.6 Å². The van der Waals surface area contributed by atoms with E-state index in [1.54, 1.807) is 23.1 Å².